The van der Waals surface area contributed by atoms with Crippen LogP contribution in [0.25, 0.3) is 10.9 Å². The van der Waals surface area contributed by atoms with Crippen molar-refractivity contribution >= 4 is 22.5 Å². The molecular formula is C13H14N2O. The molecule has 1 amide bonds. The fourth-order valence-corrected chi connectivity index (χ4v) is 1.59. The summed E-state index contributed by atoms with van der Waals surface area (Å²) < 4.78 is 0. The maximum Gasteiger partial charge on any atom is 0.224 e. The highest BCUT2D eigenvalue weighted by atomic mass is 16.1. The number of carbonyl (C=O) groups excluding carboxylic acids is 1. The number of hydrogen-bond acceptors (Lipinski definition) is 2. The second-order valence-electron chi connectivity index (χ2n) is 3.71. The van der Waals surface area contributed by atoms with Gasteiger partial charge in [-0.25, -0.2) is 0 Å². The molecule has 0 saturated heterocycles. The van der Waals surface area contributed by atoms with Crippen LogP contribution in [-0.4, -0.2) is 10.9 Å². The fourth-order valence-electron chi connectivity index (χ4n) is 1.59. The van der Waals surface area contributed by atoms with Crippen molar-refractivity contribution in [3.8, 4) is 0 Å². The summed E-state index contributed by atoms with van der Waals surface area (Å²) in [6.07, 6.45) is 3.09. The number of benzene rings is 1. The van der Waals surface area contributed by atoms with E-state index in [0.717, 1.165) is 23.0 Å². The van der Waals surface area contributed by atoms with E-state index in [4.69, 9.17) is 0 Å². The van der Waals surface area contributed by atoms with E-state index >= 15 is 0 Å². The standard InChI is InChI=1S/C13H14N2O/c1-2-5-13(16)15-11-8-10-6-3-4-7-12(10)14-9-11/h3-4,6-9H,2,5H2,1H3,(H,15,16). The molecule has 3 heteroatoms. The number of amides is 1. The van der Waals surface area contributed by atoms with Crippen molar-refractivity contribution in [2.24, 2.45) is 0 Å². The molecule has 0 fully saturated rings. The van der Waals surface area contributed by atoms with E-state index in [1.165, 1.54) is 0 Å². The van der Waals surface area contributed by atoms with Crippen molar-refractivity contribution < 1.29 is 4.79 Å². The molecule has 0 spiro atoms. The maximum absolute atomic E-state index is 11.4. The molecule has 0 aliphatic rings. The molecule has 1 aromatic carbocycles. The Balaban J connectivity index is 2.22. The Morgan fingerprint density at radius 2 is 2.19 bits per heavy atom. The predicted molar refractivity (Wildman–Crippen MR) is 65.3 cm³/mol. The zero-order valence-corrected chi connectivity index (χ0v) is 9.23. The maximum atomic E-state index is 11.4. The molecule has 0 saturated carbocycles. The first-order chi connectivity index (χ1) is 7.79. The molecule has 1 aromatic heterocycles. The van der Waals surface area contributed by atoms with Gasteiger partial charge >= 0.3 is 0 Å². The normalized spacial score (nSPS) is 10.3. The first-order valence-corrected chi connectivity index (χ1v) is 5.44. The number of aromatic nitrogens is 1. The van der Waals surface area contributed by atoms with Crippen molar-refractivity contribution in [3.05, 3.63) is 36.5 Å². The van der Waals surface area contributed by atoms with E-state index < -0.39 is 0 Å². The summed E-state index contributed by atoms with van der Waals surface area (Å²) in [5.41, 5.74) is 1.70. The van der Waals surface area contributed by atoms with Crippen molar-refractivity contribution in [3.63, 3.8) is 0 Å². The second kappa shape index (κ2) is 4.75. The Kier molecular flexibility index (Phi) is 3.15. The second-order valence-corrected chi connectivity index (χ2v) is 3.71. The number of fused-ring (bicyclic) bond motifs is 1. The van der Waals surface area contributed by atoms with Gasteiger partial charge in [0, 0.05) is 11.8 Å². The van der Waals surface area contributed by atoms with Crippen molar-refractivity contribution in [2.45, 2.75) is 19.8 Å². The van der Waals surface area contributed by atoms with Gasteiger partial charge < -0.3 is 5.32 Å². The van der Waals surface area contributed by atoms with E-state index in [1.807, 2.05) is 37.3 Å². The van der Waals surface area contributed by atoms with Gasteiger partial charge in [0.15, 0.2) is 0 Å². The summed E-state index contributed by atoms with van der Waals surface area (Å²) in [7, 11) is 0. The van der Waals surface area contributed by atoms with E-state index in [0.29, 0.717) is 6.42 Å². The number of nitrogens with one attached hydrogen (secondary N) is 1. The molecule has 0 aliphatic carbocycles. The van der Waals surface area contributed by atoms with Gasteiger partial charge in [0.05, 0.1) is 17.4 Å². The van der Waals surface area contributed by atoms with Crippen LogP contribution in [0.1, 0.15) is 19.8 Å². The molecule has 0 aliphatic heterocycles. The quantitative estimate of drug-likeness (QED) is 0.853. The average molecular weight is 214 g/mol. The van der Waals surface area contributed by atoms with Gasteiger partial charge in [0.25, 0.3) is 0 Å². The summed E-state index contributed by atoms with van der Waals surface area (Å²) in [4.78, 5) is 15.7. The van der Waals surface area contributed by atoms with E-state index in [-0.39, 0.29) is 5.91 Å². The van der Waals surface area contributed by atoms with Crippen molar-refractivity contribution in [1.29, 1.82) is 0 Å². The molecule has 2 aromatic rings. The third-order valence-electron chi connectivity index (χ3n) is 2.35. The molecule has 0 radical (unpaired) electrons. The first kappa shape index (κ1) is 10.6. The summed E-state index contributed by atoms with van der Waals surface area (Å²) in [5, 5.41) is 3.87. The van der Waals surface area contributed by atoms with Crippen molar-refractivity contribution in [2.75, 3.05) is 5.32 Å². The van der Waals surface area contributed by atoms with Gasteiger partial charge in [-0.3, -0.25) is 9.78 Å². The zero-order valence-electron chi connectivity index (χ0n) is 9.23. The van der Waals surface area contributed by atoms with Gasteiger partial charge in [-0.1, -0.05) is 25.1 Å². The Hall–Kier alpha value is -1.90. The number of rotatable bonds is 3. The molecular weight excluding hydrogens is 200 g/mol. The predicted octanol–water partition coefficient (Wildman–Crippen LogP) is 2.97. The molecule has 3 nitrogen and oxygen atoms in total. The third kappa shape index (κ3) is 2.37. The lowest BCUT2D eigenvalue weighted by Crippen LogP contribution is -2.10. The largest absolute Gasteiger partial charge is 0.325 e. The highest BCUT2D eigenvalue weighted by Gasteiger charge is 2.01. The molecule has 0 unspecified atom stereocenters. The summed E-state index contributed by atoms with van der Waals surface area (Å²) in [6.45, 7) is 1.98. The van der Waals surface area contributed by atoms with E-state index in [2.05, 4.69) is 10.3 Å². The smallest absolute Gasteiger partial charge is 0.224 e. The highest BCUT2D eigenvalue weighted by Crippen LogP contribution is 2.16. The Morgan fingerprint density at radius 1 is 1.38 bits per heavy atom. The van der Waals surface area contributed by atoms with Crippen LogP contribution in [0.4, 0.5) is 5.69 Å². The third-order valence-corrected chi connectivity index (χ3v) is 2.35. The van der Waals surface area contributed by atoms with Gasteiger partial charge in [0.1, 0.15) is 0 Å². The average Bonchev–Trinajstić information content (AvgIpc) is 2.29. The lowest BCUT2D eigenvalue weighted by atomic mass is 10.2. The molecule has 0 atom stereocenters. The number of anilines is 1. The van der Waals surface area contributed by atoms with Gasteiger partial charge in [0.2, 0.25) is 5.91 Å². The summed E-state index contributed by atoms with van der Waals surface area (Å²) in [5.74, 6) is 0.0413. The molecule has 0 bridgehead atoms. The summed E-state index contributed by atoms with van der Waals surface area (Å²) in [6, 6.07) is 9.78. The summed E-state index contributed by atoms with van der Waals surface area (Å²) >= 11 is 0. The Bertz CT molecular complexity index is 508. The number of nitrogens with zero attached hydrogens (tertiary/aromatic N) is 1. The minimum atomic E-state index is 0.0413. The van der Waals surface area contributed by atoms with Crippen LogP contribution in [0.15, 0.2) is 36.5 Å². The first-order valence-electron chi connectivity index (χ1n) is 5.44. The molecule has 16 heavy (non-hydrogen) atoms. The minimum absolute atomic E-state index is 0.0413. The lowest BCUT2D eigenvalue weighted by molar-refractivity contribution is -0.116. The molecule has 2 rings (SSSR count). The van der Waals surface area contributed by atoms with Crippen molar-refractivity contribution in [1.82, 2.24) is 4.98 Å². The number of para-hydroxylation sites is 1. The lowest BCUT2D eigenvalue weighted by Gasteiger charge is -2.04. The van der Waals surface area contributed by atoms with Crippen LogP contribution in [0.2, 0.25) is 0 Å². The highest BCUT2D eigenvalue weighted by molar-refractivity contribution is 5.92. The number of carbonyl (C=O) groups is 1. The molecule has 82 valence electrons. The van der Waals surface area contributed by atoms with Gasteiger partial charge in [-0.2, -0.15) is 0 Å². The monoisotopic (exact) mass is 214 g/mol. The van der Waals surface area contributed by atoms with Crippen LogP contribution < -0.4 is 5.32 Å². The fraction of sp³-hybridized carbons (Fsp3) is 0.231. The Labute approximate surface area is 94.5 Å². The van der Waals surface area contributed by atoms with Crippen LogP contribution in [-0.2, 0) is 4.79 Å². The van der Waals surface area contributed by atoms with E-state index in [9.17, 15) is 4.79 Å². The number of hydrogen-bond donors (Lipinski definition) is 1. The van der Waals surface area contributed by atoms with Gasteiger partial charge in [-0.15, -0.1) is 0 Å². The Morgan fingerprint density at radius 3 is 3.00 bits per heavy atom. The SMILES string of the molecule is CCCC(=O)Nc1cnc2ccccc2c1. The number of pyridine rings is 1. The van der Waals surface area contributed by atoms with Gasteiger partial charge in [-0.05, 0) is 18.6 Å². The molecule has 1 N–H and O–H groups in total. The van der Waals surface area contributed by atoms with Crippen LogP contribution in [0, 0.1) is 0 Å². The van der Waals surface area contributed by atoms with Crippen LogP contribution in [0.5, 0.6) is 0 Å². The van der Waals surface area contributed by atoms with E-state index in [1.54, 1.807) is 6.20 Å². The topological polar surface area (TPSA) is 42.0 Å². The molecule has 1 heterocycles. The zero-order chi connectivity index (χ0) is 11.4. The van der Waals surface area contributed by atoms with Crippen LogP contribution in [0.3, 0.4) is 0 Å². The van der Waals surface area contributed by atoms with Crippen LogP contribution >= 0.6 is 0 Å². The minimum Gasteiger partial charge on any atom is -0.325 e.